The predicted octanol–water partition coefficient (Wildman–Crippen LogP) is 0.767. The highest BCUT2D eigenvalue weighted by Gasteiger charge is 2.20. The van der Waals surface area contributed by atoms with Gasteiger partial charge < -0.3 is 15.4 Å². The first-order chi connectivity index (χ1) is 8.86. The Morgan fingerprint density at radius 1 is 1.33 bits per heavy atom. The molecule has 0 aromatic carbocycles. The quantitative estimate of drug-likeness (QED) is 0.774. The molecule has 1 aromatic heterocycles. The van der Waals surface area contributed by atoms with E-state index in [1.54, 1.807) is 13.4 Å². The third-order valence-corrected chi connectivity index (χ3v) is 3.35. The summed E-state index contributed by atoms with van der Waals surface area (Å²) in [6, 6.07) is 0. The maximum atomic E-state index is 5.61. The van der Waals surface area contributed by atoms with Crippen molar-refractivity contribution in [3.05, 3.63) is 17.6 Å². The lowest BCUT2D eigenvalue weighted by atomic mass is 10.2. The van der Waals surface area contributed by atoms with Crippen molar-refractivity contribution in [3.8, 4) is 0 Å². The van der Waals surface area contributed by atoms with Crippen LogP contribution in [0.15, 0.2) is 6.33 Å². The van der Waals surface area contributed by atoms with Crippen molar-refractivity contribution in [1.29, 1.82) is 0 Å². The molecule has 18 heavy (non-hydrogen) atoms. The highest BCUT2D eigenvalue weighted by Crippen LogP contribution is 2.27. The van der Waals surface area contributed by atoms with Gasteiger partial charge >= 0.3 is 0 Å². The van der Waals surface area contributed by atoms with Crippen LogP contribution in [-0.2, 0) is 17.6 Å². The van der Waals surface area contributed by atoms with Crippen LogP contribution in [0, 0.1) is 0 Å². The van der Waals surface area contributed by atoms with Crippen molar-refractivity contribution >= 4 is 5.82 Å². The van der Waals surface area contributed by atoms with E-state index in [1.165, 1.54) is 17.7 Å². The van der Waals surface area contributed by atoms with Crippen molar-refractivity contribution in [3.63, 3.8) is 0 Å². The second kappa shape index (κ2) is 6.66. The molecule has 0 amide bonds. The number of nitrogens with two attached hydrogens (primary N) is 1. The van der Waals surface area contributed by atoms with Crippen LogP contribution in [0.2, 0.25) is 0 Å². The van der Waals surface area contributed by atoms with Gasteiger partial charge in [0.1, 0.15) is 12.1 Å². The summed E-state index contributed by atoms with van der Waals surface area (Å²) < 4.78 is 5.18. The maximum absolute atomic E-state index is 5.61. The van der Waals surface area contributed by atoms with Gasteiger partial charge in [0.25, 0.3) is 0 Å². The highest BCUT2D eigenvalue weighted by molar-refractivity contribution is 5.50. The Bertz CT molecular complexity index is 375. The third kappa shape index (κ3) is 2.97. The Balaban J connectivity index is 2.16. The molecule has 0 saturated heterocycles. The van der Waals surface area contributed by atoms with Gasteiger partial charge in [-0.3, -0.25) is 0 Å². The first kappa shape index (κ1) is 13.2. The lowest BCUT2D eigenvalue weighted by Gasteiger charge is -2.25. The Hall–Kier alpha value is -1.20. The number of methoxy groups -OCH3 is 1. The van der Waals surface area contributed by atoms with Crippen molar-refractivity contribution in [2.75, 3.05) is 38.3 Å². The molecule has 0 bridgehead atoms. The molecule has 1 aromatic rings. The van der Waals surface area contributed by atoms with Crippen LogP contribution >= 0.6 is 0 Å². The zero-order chi connectivity index (χ0) is 12.8. The lowest BCUT2D eigenvalue weighted by Crippen LogP contribution is -2.31. The van der Waals surface area contributed by atoms with E-state index in [4.69, 9.17) is 10.5 Å². The molecule has 0 unspecified atom stereocenters. The average Bonchev–Trinajstić information content (AvgIpc) is 2.87. The van der Waals surface area contributed by atoms with Gasteiger partial charge in [0, 0.05) is 31.5 Å². The second-order valence-corrected chi connectivity index (χ2v) is 4.60. The zero-order valence-corrected chi connectivity index (χ0v) is 11.1. The fourth-order valence-electron chi connectivity index (χ4n) is 2.42. The maximum Gasteiger partial charge on any atom is 0.135 e. The minimum Gasteiger partial charge on any atom is -0.383 e. The molecule has 1 aliphatic rings. The molecule has 2 N–H and O–H groups in total. The summed E-state index contributed by atoms with van der Waals surface area (Å²) in [5.74, 6) is 1.09. The number of ether oxygens (including phenoxy) is 1. The van der Waals surface area contributed by atoms with E-state index in [9.17, 15) is 0 Å². The summed E-state index contributed by atoms with van der Waals surface area (Å²) in [4.78, 5) is 11.1. The van der Waals surface area contributed by atoms with Crippen LogP contribution in [-0.4, -0.2) is 43.3 Å². The first-order valence-corrected chi connectivity index (χ1v) is 6.63. The summed E-state index contributed by atoms with van der Waals surface area (Å²) in [7, 11) is 1.73. The van der Waals surface area contributed by atoms with Crippen molar-refractivity contribution in [1.82, 2.24) is 9.97 Å². The molecule has 0 radical (unpaired) electrons. The second-order valence-electron chi connectivity index (χ2n) is 4.60. The number of anilines is 1. The molecule has 0 spiro atoms. The molecule has 0 aliphatic heterocycles. The molecule has 0 atom stereocenters. The van der Waals surface area contributed by atoms with Gasteiger partial charge in [-0.05, 0) is 32.2 Å². The number of nitrogens with zero attached hydrogens (tertiary/aromatic N) is 3. The fourth-order valence-corrected chi connectivity index (χ4v) is 2.42. The van der Waals surface area contributed by atoms with Crippen LogP contribution in [0.25, 0.3) is 0 Å². The van der Waals surface area contributed by atoms with Crippen molar-refractivity contribution < 1.29 is 4.74 Å². The molecular formula is C13H22N4O. The van der Waals surface area contributed by atoms with Gasteiger partial charge in [0.15, 0.2) is 0 Å². The van der Waals surface area contributed by atoms with Crippen LogP contribution in [0.3, 0.4) is 0 Å². The van der Waals surface area contributed by atoms with Crippen LogP contribution < -0.4 is 10.6 Å². The van der Waals surface area contributed by atoms with E-state index < -0.39 is 0 Å². The van der Waals surface area contributed by atoms with Gasteiger partial charge in [-0.15, -0.1) is 0 Å². The Labute approximate surface area is 108 Å². The molecule has 100 valence electrons. The minimum absolute atomic E-state index is 0.705. The third-order valence-electron chi connectivity index (χ3n) is 3.35. The number of aromatic nitrogens is 2. The minimum atomic E-state index is 0.705. The van der Waals surface area contributed by atoms with Crippen molar-refractivity contribution in [2.24, 2.45) is 5.73 Å². The number of aryl methyl sites for hydroxylation is 1. The molecule has 0 saturated carbocycles. The van der Waals surface area contributed by atoms with E-state index in [0.29, 0.717) is 13.2 Å². The lowest BCUT2D eigenvalue weighted by molar-refractivity contribution is 0.205. The Kier molecular flexibility index (Phi) is 4.90. The Morgan fingerprint density at radius 3 is 3.00 bits per heavy atom. The average molecular weight is 250 g/mol. The van der Waals surface area contributed by atoms with E-state index in [1.807, 2.05) is 0 Å². The van der Waals surface area contributed by atoms with E-state index in [-0.39, 0.29) is 0 Å². The SMILES string of the molecule is COCCN(CCCN)c1ncnc2c1CCC2. The first-order valence-electron chi connectivity index (χ1n) is 6.63. The van der Waals surface area contributed by atoms with E-state index in [2.05, 4.69) is 14.9 Å². The van der Waals surface area contributed by atoms with Gasteiger partial charge in [0.05, 0.1) is 6.61 Å². The highest BCUT2D eigenvalue weighted by atomic mass is 16.5. The predicted molar refractivity (Wildman–Crippen MR) is 71.8 cm³/mol. The summed E-state index contributed by atoms with van der Waals surface area (Å²) >= 11 is 0. The summed E-state index contributed by atoms with van der Waals surface area (Å²) in [6.07, 6.45) is 6.03. The summed E-state index contributed by atoms with van der Waals surface area (Å²) in [5.41, 5.74) is 8.15. The number of hydrogen-bond acceptors (Lipinski definition) is 5. The summed E-state index contributed by atoms with van der Waals surface area (Å²) in [5, 5.41) is 0. The van der Waals surface area contributed by atoms with E-state index >= 15 is 0 Å². The van der Waals surface area contributed by atoms with Crippen LogP contribution in [0.1, 0.15) is 24.1 Å². The summed E-state index contributed by atoms with van der Waals surface area (Å²) in [6.45, 7) is 3.21. The van der Waals surface area contributed by atoms with Crippen LogP contribution in [0.5, 0.6) is 0 Å². The van der Waals surface area contributed by atoms with Gasteiger partial charge in [-0.25, -0.2) is 9.97 Å². The molecule has 2 rings (SSSR count). The molecular weight excluding hydrogens is 228 g/mol. The Morgan fingerprint density at radius 2 is 2.22 bits per heavy atom. The van der Waals surface area contributed by atoms with Crippen LogP contribution in [0.4, 0.5) is 5.82 Å². The monoisotopic (exact) mass is 250 g/mol. The normalized spacial score (nSPS) is 13.7. The largest absolute Gasteiger partial charge is 0.383 e. The van der Waals surface area contributed by atoms with E-state index in [0.717, 1.165) is 38.2 Å². The fraction of sp³-hybridized carbons (Fsp3) is 0.692. The zero-order valence-electron chi connectivity index (χ0n) is 11.1. The van der Waals surface area contributed by atoms with Gasteiger partial charge in [-0.2, -0.15) is 0 Å². The van der Waals surface area contributed by atoms with Gasteiger partial charge in [0.2, 0.25) is 0 Å². The number of hydrogen-bond donors (Lipinski definition) is 1. The molecule has 5 heteroatoms. The number of fused-ring (bicyclic) bond motifs is 1. The number of rotatable bonds is 7. The molecule has 0 fully saturated rings. The molecule has 1 aliphatic carbocycles. The smallest absolute Gasteiger partial charge is 0.135 e. The van der Waals surface area contributed by atoms with Gasteiger partial charge in [-0.1, -0.05) is 0 Å². The molecule has 1 heterocycles. The molecule has 5 nitrogen and oxygen atoms in total. The topological polar surface area (TPSA) is 64.3 Å². The standard InChI is InChI=1S/C13H22N4O/c1-18-9-8-17(7-3-6-14)13-11-4-2-5-12(11)15-10-16-13/h10H,2-9,14H2,1H3. The van der Waals surface area contributed by atoms with Crippen molar-refractivity contribution in [2.45, 2.75) is 25.7 Å².